The number of aryl methyl sites for hydroxylation is 1. The topological polar surface area (TPSA) is 60.9 Å². The standard InChI is InChI=1S/C18H24N2O3S/c1-19-7-6-13-8-20(11-18(13,10-19)17(22)23)16(21)15-14-5-3-2-4-12(14)9-24-15/h9,13H,2-8,10-11H2,1H3,(H,22,23). The zero-order valence-electron chi connectivity index (χ0n) is 14.1. The van der Waals surface area contributed by atoms with Crippen molar-refractivity contribution in [2.24, 2.45) is 11.3 Å². The van der Waals surface area contributed by atoms with Crippen molar-refractivity contribution >= 4 is 23.2 Å². The largest absolute Gasteiger partial charge is 0.481 e. The van der Waals surface area contributed by atoms with Crippen molar-refractivity contribution in [1.29, 1.82) is 0 Å². The fraction of sp³-hybridized carbons (Fsp3) is 0.667. The van der Waals surface area contributed by atoms with Crippen molar-refractivity contribution in [1.82, 2.24) is 9.80 Å². The summed E-state index contributed by atoms with van der Waals surface area (Å²) in [6, 6.07) is 0. The van der Waals surface area contributed by atoms with Gasteiger partial charge in [-0.05, 0) is 68.1 Å². The summed E-state index contributed by atoms with van der Waals surface area (Å²) >= 11 is 1.55. The number of rotatable bonds is 2. The van der Waals surface area contributed by atoms with Crippen molar-refractivity contribution < 1.29 is 14.7 Å². The lowest BCUT2D eigenvalue weighted by molar-refractivity contribution is -0.153. The van der Waals surface area contributed by atoms with Crippen LogP contribution in [0.25, 0.3) is 0 Å². The first-order chi connectivity index (χ1) is 11.5. The summed E-state index contributed by atoms with van der Waals surface area (Å²) in [5, 5.41) is 12.0. The Morgan fingerprint density at radius 1 is 1.29 bits per heavy atom. The molecule has 0 saturated carbocycles. The van der Waals surface area contributed by atoms with Crippen LogP contribution in [0.15, 0.2) is 5.38 Å². The van der Waals surface area contributed by atoms with Crippen LogP contribution in [-0.4, -0.2) is 60.0 Å². The Morgan fingerprint density at radius 2 is 2.08 bits per heavy atom. The van der Waals surface area contributed by atoms with Crippen LogP contribution in [0.2, 0.25) is 0 Å². The van der Waals surface area contributed by atoms with E-state index in [2.05, 4.69) is 10.3 Å². The van der Waals surface area contributed by atoms with Crippen molar-refractivity contribution in [2.75, 3.05) is 33.2 Å². The van der Waals surface area contributed by atoms with Gasteiger partial charge in [-0.2, -0.15) is 0 Å². The minimum absolute atomic E-state index is 0.0563. The van der Waals surface area contributed by atoms with Crippen LogP contribution in [0.1, 0.15) is 40.1 Å². The molecule has 1 aromatic heterocycles. The van der Waals surface area contributed by atoms with E-state index in [1.807, 2.05) is 11.9 Å². The molecule has 0 aromatic carbocycles. The maximum atomic E-state index is 13.1. The average Bonchev–Trinajstić information content (AvgIpc) is 3.16. The maximum Gasteiger partial charge on any atom is 0.313 e. The molecule has 2 atom stereocenters. The van der Waals surface area contributed by atoms with Crippen LogP contribution >= 0.6 is 11.3 Å². The van der Waals surface area contributed by atoms with E-state index in [9.17, 15) is 14.7 Å². The van der Waals surface area contributed by atoms with Gasteiger partial charge in [-0.25, -0.2) is 0 Å². The number of carboxylic acids is 1. The number of carbonyl (C=O) groups excluding carboxylic acids is 1. The van der Waals surface area contributed by atoms with Gasteiger partial charge in [0.15, 0.2) is 0 Å². The first kappa shape index (κ1) is 16.1. The van der Waals surface area contributed by atoms with E-state index in [1.54, 1.807) is 11.3 Å². The molecule has 0 radical (unpaired) electrons. The zero-order chi connectivity index (χ0) is 16.9. The second-order valence-corrected chi connectivity index (χ2v) is 8.53. The average molecular weight is 348 g/mol. The first-order valence-corrected chi connectivity index (χ1v) is 9.70. The van der Waals surface area contributed by atoms with E-state index in [0.29, 0.717) is 19.6 Å². The molecule has 3 aliphatic rings. The monoisotopic (exact) mass is 348 g/mol. The van der Waals surface area contributed by atoms with E-state index in [1.165, 1.54) is 17.5 Å². The number of amides is 1. The quantitative estimate of drug-likeness (QED) is 0.889. The van der Waals surface area contributed by atoms with E-state index < -0.39 is 11.4 Å². The van der Waals surface area contributed by atoms with Crippen molar-refractivity contribution in [2.45, 2.75) is 32.1 Å². The molecule has 3 heterocycles. The number of piperidine rings is 1. The molecule has 2 fully saturated rings. The number of likely N-dealkylation sites (tertiary alicyclic amines) is 2. The van der Waals surface area contributed by atoms with Gasteiger partial charge in [0.25, 0.3) is 5.91 Å². The fourth-order valence-corrected chi connectivity index (χ4v) is 5.89. The van der Waals surface area contributed by atoms with Gasteiger partial charge in [-0.3, -0.25) is 9.59 Å². The van der Waals surface area contributed by atoms with Crippen molar-refractivity contribution in [3.8, 4) is 0 Å². The Bertz CT molecular complexity index is 686. The van der Waals surface area contributed by atoms with Crippen LogP contribution in [0, 0.1) is 11.3 Å². The maximum absolute atomic E-state index is 13.1. The molecule has 2 aliphatic heterocycles. The molecule has 6 heteroatoms. The highest BCUT2D eigenvalue weighted by molar-refractivity contribution is 7.12. The summed E-state index contributed by atoms with van der Waals surface area (Å²) in [7, 11) is 1.97. The molecule has 130 valence electrons. The van der Waals surface area contributed by atoms with E-state index >= 15 is 0 Å². The number of thiophene rings is 1. The molecule has 24 heavy (non-hydrogen) atoms. The summed E-state index contributed by atoms with van der Waals surface area (Å²) in [6.07, 6.45) is 5.28. The molecular weight excluding hydrogens is 324 g/mol. The minimum atomic E-state index is -0.792. The van der Waals surface area contributed by atoms with E-state index in [0.717, 1.165) is 37.1 Å². The smallest absolute Gasteiger partial charge is 0.313 e. The van der Waals surface area contributed by atoms with Crippen molar-refractivity contribution in [3.05, 3.63) is 21.4 Å². The van der Waals surface area contributed by atoms with Crippen LogP contribution in [0.5, 0.6) is 0 Å². The summed E-state index contributed by atoms with van der Waals surface area (Å²) < 4.78 is 0. The minimum Gasteiger partial charge on any atom is -0.481 e. The lowest BCUT2D eigenvalue weighted by Gasteiger charge is -2.39. The van der Waals surface area contributed by atoms with Crippen LogP contribution in [0.3, 0.4) is 0 Å². The molecule has 5 nitrogen and oxygen atoms in total. The number of fused-ring (bicyclic) bond motifs is 2. The molecule has 2 unspecified atom stereocenters. The van der Waals surface area contributed by atoms with Gasteiger partial charge < -0.3 is 14.9 Å². The van der Waals surface area contributed by atoms with Gasteiger partial charge >= 0.3 is 5.97 Å². The Balaban J connectivity index is 1.61. The highest BCUT2D eigenvalue weighted by Gasteiger charge is 2.55. The number of carboxylic acid groups (broad SMARTS) is 1. The SMILES string of the molecule is CN1CCC2CN(C(=O)c3scc4c3CCCC4)CC2(C(=O)O)C1. The Hall–Kier alpha value is -1.40. The molecule has 1 aromatic rings. The molecule has 0 bridgehead atoms. The zero-order valence-corrected chi connectivity index (χ0v) is 14.9. The van der Waals surface area contributed by atoms with Gasteiger partial charge in [0.2, 0.25) is 0 Å². The molecule has 1 N–H and O–H groups in total. The number of carbonyl (C=O) groups is 2. The van der Waals surface area contributed by atoms with Gasteiger partial charge in [0.1, 0.15) is 5.41 Å². The second-order valence-electron chi connectivity index (χ2n) is 7.65. The summed E-state index contributed by atoms with van der Waals surface area (Å²) in [6.45, 7) is 2.39. The van der Waals surface area contributed by atoms with Crippen LogP contribution in [-0.2, 0) is 17.6 Å². The highest BCUT2D eigenvalue weighted by Crippen LogP contribution is 2.43. The molecule has 2 saturated heterocycles. The van der Waals surface area contributed by atoms with E-state index in [4.69, 9.17) is 0 Å². The third kappa shape index (κ3) is 2.39. The van der Waals surface area contributed by atoms with E-state index in [-0.39, 0.29) is 11.8 Å². The van der Waals surface area contributed by atoms with Crippen molar-refractivity contribution in [3.63, 3.8) is 0 Å². The molecular formula is C18H24N2O3S. The Kier molecular flexibility index (Phi) is 3.92. The summed E-state index contributed by atoms with van der Waals surface area (Å²) in [5.41, 5.74) is 1.77. The molecule has 1 amide bonds. The number of aliphatic carboxylic acids is 1. The van der Waals surface area contributed by atoms with Gasteiger partial charge in [0, 0.05) is 19.6 Å². The lowest BCUT2D eigenvalue weighted by atomic mass is 9.73. The number of nitrogens with zero attached hydrogens (tertiary/aromatic N) is 2. The number of hydrogen-bond acceptors (Lipinski definition) is 4. The third-order valence-corrected chi connectivity index (χ3v) is 7.18. The number of hydrogen-bond donors (Lipinski definition) is 1. The molecule has 0 spiro atoms. The lowest BCUT2D eigenvalue weighted by Crippen LogP contribution is -2.52. The predicted molar refractivity (Wildman–Crippen MR) is 92.5 cm³/mol. The van der Waals surface area contributed by atoms with Gasteiger partial charge in [-0.15, -0.1) is 11.3 Å². The Labute approximate surface area is 146 Å². The predicted octanol–water partition coefficient (Wildman–Crippen LogP) is 2.11. The second kappa shape index (κ2) is 5.85. The molecule has 1 aliphatic carbocycles. The normalized spacial score (nSPS) is 30.0. The summed E-state index contributed by atoms with van der Waals surface area (Å²) in [4.78, 5) is 29.9. The van der Waals surface area contributed by atoms with Crippen LogP contribution < -0.4 is 0 Å². The van der Waals surface area contributed by atoms with Crippen LogP contribution in [0.4, 0.5) is 0 Å². The fourth-order valence-electron chi connectivity index (χ4n) is 4.77. The highest BCUT2D eigenvalue weighted by atomic mass is 32.1. The third-order valence-electron chi connectivity index (χ3n) is 6.12. The van der Waals surface area contributed by atoms with Gasteiger partial charge in [0.05, 0.1) is 4.88 Å². The molecule has 4 rings (SSSR count). The summed E-state index contributed by atoms with van der Waals surface area (Å²) in [5.74, 6) is -0.616. The Morgan fingerprint density at radius 3 is 2.88 bits per heavy atom. The first-order valence-electron chi connectivity index (χ1n) is 8.82. The van der Waals surface area contributed by atoms with Gasteiger partial charge in [-0.1, -0.05) is 0 Å².